The molecule has 23 heavy (non-hydrogen) atoms. The molecular formula is C19H28N2OS. The van der Waals surface area contributed by atoms with E-state index in [1.165, 1.54) is 0 Å². The van der Waals surface area contributed by atoms with Crippen molar-refractivity contribution in [1.82, 2.24) is 0 Å². The third-order valence-electron chi connectivity index (χ3n) is 3.04. The average Bonchev–Trinajstić information content (AvgIpc) is 2.59. The predicted octanol–water partition coefficient (Wildman–Crippen LogP) is 4.77. The molecule has 0 saturated carbocycles. The number of aromatic hydroxyl groups is 1. The van der Waals surface area contributed by atoms with Crippen LogP contribution in [0.1, 0.15) is 32.3 Å². The minimum absolute atomic E-state index is 0.197. The molecule has 5 N–H and O–H groups in total. The second kappa shape index (κ2) is 12.8. The normalized spacial score (nSPS) is 12.4. The highest BCUT2D eigenvalue weighted by molar-refractivity contribution is 8.01. The molecule has 3 nitrogen and oxygen atoms in total. The Bertz CT molecular complexity index is 533. The van der Waals surface area contributed by atoms with Gasteiger partial charge in [0.2, 0.25) is 0 Å². The number of phenols is 1. The second-order valence-corrected chi connectivity index (χ2v) is 5.61. The summed E-state index contributed by atoms with van der Waals surface area (Å²) in [5.41, 5.74) is 7.78. The molecule has 0 aromatic heterocycles. The molecule has 0 fully saturated rings. The molecule has 1 aromatic rings. The van der Waals surface area contributed by atoms with Crippen LogP contribution in [0.2, 0.25) is 0 Å². The number of nitrogens with two attached hydrogens (primary N) is 2. The molecular weight excluding hydrogens is 304 g/mol. The Labute approximate surface area is 144 Å². The topological polar surface area (TPSA) is 72.3 Å². The van der Waals surface area contributed by atoms with E-state index in [1.807, 2.05) is 30.4 Å². The van der Waals surface area contributed by atoms with Crippen LogP contribution in [0.25, 0.3) is 6.08 Å². The van der Waals surface area contributed by atoms with E-state index in [4.69, 9.17) is 16.0 Å². The van der Waals surface area contributed by atoms with Crippen LogP contribution >= 0.6 is 11.9 Å². The van der Waals surface area contributed by atoms with Crippen LogP contribution in [0, 0.1) is 0 Å². The van der Waals surface area contributed by atoms with Gasteiger partial charge in [-0.2, -0.15) is 0 Å². The van der Waals surface area contributed by atoms with Crippen molar-refractivity contribution < 1.29 is 5.11 Å². The number of phenolic OH excluding ortho intramolecular Hbond substituents is 1. The third-order valence-corrected chi connectivity index (χ3v) is 3.60. The molecule has 0 aliphatic heterocycles. The summed E-state index contributed by atoms with van der Waals surface area (Å²) >= 11 is 1.15. The van der Waals surface area contributed by atoms with E-state index in [2.05, 4.69) is 27.0 Å². The van der Waals surface area contributed by atoms with Crippen molar-refractivity contribution >= 4 is 18.0 Å². The molecule has 1 rings (SSSR count). The Kier molecular flexibility index (Phi) is 11.8. The molecule has 0 aliphatic carbocycles. The molecule has 0 bridgehead atoms. The van der Waals surface area contributed by atoms with E-state index in [0.717, 1.165) is 40.8 Å². The third kappa shape index (κ3) is 10.6. The average molecular weight is 333 g/mol. The first-order valence-corrected chi connectivity index (χ1v) is 8.46. The van der Waals surface area contributed by atoms with Gasteiger partial charge in [-0.25, -0.2) is 0 Å². The van der Waals surface area contributed by atoms with E-state index >= 15 is 0 Å². The summed E-state index contributed by atoms with van der Waals surface area (Å²) < 4.78 is 0. The van der Waals surface area contributed by atoms with Crippen LogP contribution in [0.4, 0.5) is 0 Å². The fraction of sp³-hybridized carbons (Fsp3) is 0.263. The van der Waals surface area contributed by atoms with E-state index in [-0.39, 0.29) is 11.8 Å². The molecule has 0 heterocycles. The van der Waals surface area contributed by atoms with Crippen molar-refractivity contribution in [3.8, 4) is 5.75 Å². The van der Waals surface area contributed by atoms with Crippen LogP contribution in [-0.4, -0.2) is 11.1 Å². The van der Waals surface area contributed by atoms with E-state index in [1.54, 1.807) is 18.2 Å². The van der Waals surface area contributed by atoms with Crippen molar-refractivity contribution in [3.05, 3.63) is 71.7 Å². The monoisotopic (exact) mass is 332 g/mol. The van der Waals surface area contributed by atoms with E-state index in [0.29, 0.717) is 0 Å². The molecule has 0 aliphatic rings. The predicted molar refractivity (Wildman–Crippen MR) is 105 cm³/mol. The van der Waals surface area contributed by atoms with Crippen molar-refractivity contribution in [2.45, 2.75) is 32.7 Å². The molecule has 1 aromatic carbocycles. The molecule has 126 valence electrons. The number of hydrogen-bond donors (Lipinski definition) is 3. The molecule has 0 radical (unpaired) electrons. The van der Waals surface area contributed by atoms with Crippen molar-refractivity contribution in [1.29, 1.82) is 0 Å². The second-order valence-electron chi connectivity index (χ2n) is 4.90. The summed E-state index contributed by atoms with van der Waals surface area (Å²) in [7, 11) is 0. The zero-order valence-electron chi connectivity index (χ0n) is 14.0. The minimum Gasteiger partial charge on any atom is -0.508 e. The van der Waals surface area contributed by atoms with Gasteiger partial charge in [-0.1, -0.05) is 62.9 Å². The number of hydrogen-bond acceptors (Lipinski definition) is 4. The number of rotatable bonds is 7. The Hall–Kier alpha value is -1.75. The van der Waals surface area contributed by atoms with Crippen LogP contribution in [0.15, 0.2) is 66.1 Å². The maximum atomic E-state index is 9.03. The maximum Gasteiger partial charge on any atom is 0.115 e. The lowest BCUT2D eigenvalue weighted by atomic mass is 10.1. The number of allylic oxidation sites excluding steroid dienone is 3. The summed E-state index contributed by atoms with van der Waals surface area (Å²) in [5.74, 6) is 0.262. The molecule has 0 amide bonds. The van der Waals surface area contributed by atoms with Gasteiger partial charge in [0.25, 0.3) is 0 Å². The van der Waals surface area contributed by atoms with Crippen LogP contribution in [0.5, 0.6) is 5.75 Å². The smallest absolute Gasteiger partial charge is 0.115 e. The van der Waals surface area contributed by atoms with Crippen LogP contribution in [0.3, 0.4) is 0 Å². The fourth-order valence-corrected chi connectivity index (χ4v) is 1.69. The Morgan fingerprint density at radius 1 is 1.30 bits per heavy atom. The number of benzene rings is 1. The Balaban J connectivity index is 0.000000438. The zero-order chi connectivity index (χ0) is 17.7. The van der Waals surface area contributed by atoms with Crippen molar-refractivity contribution in [2.75, 3.05) is 0 Å². The summed E-state index contributed by atoms with van der Waals surface area (Å²) in [5, 5.41) is 14.4. The lowest BCUT2D eigenvalue weighted by Gasteiger charge is -1.99. The first-order valence-electron chi connectivity index (χ1n) is 7.58. The zero-order valence-corrected chi connectivity index (χ0v) is 14.9. The van der Waals surface area contributed by atoms with Gasteiger partial charge in [0, 0.05) is 10.9 Å². The highest BCUT2D eigenvalue weighted by Gasteiger charge is 1.92. The van der Waals surface area contributed by atoms with E-state index in [9.17, 15) is 0 Å². The quantitative estimate of drug-likeness (QED) is 0.496. The molecule has 0 spiro atoms. The van der Waals surface area contributed by atoms with Crippen LogP contribution in [-0.2, 0) is 0 Å². The van der Waals surface area contributed by atoms with Gasteiger partial charge in [-0.3, -0.25) is 5.14 Å². The maximum absolute atomic E-state index is 9.03. The lowest BCUT2D eigenvalue weighted by Crippen LogP contribution is -2.14. The van der Waals surface area contributed by atoms with Gasteiger partial charge < -0.3 is 10.8 Å². The molecule has 1 unspecified atom stereocenters. The van der Waals surface area contributed by atoms with Gasteiger partial charge in [0.15, 0.2) is 0 Å². The minimum atomic E-state index is 0.197. The van der Waals surface area contributed by atoms with Gasteiger partial charge in [-0.15, -0.1) is 0 Å². The van der Waals surface area contributed by atoms with Crippen molar-refractivity contribution in [3.63, 3.8) is 0 Å². The molecule has 1 atom stereocenters. The van der Waals surface area contributed by atoms with Gasteiger partial charge >= 0.3 is 0 Å². The fourth-order valence-electron chi connectivity index (χ4n) is 1.39. The van der Waals surface area contributed by atoms with Gasteiger partial charge in [0.05, 0.1) is 0 Å². The largest absolute Gasteiger partial charge is 0.508 e. The summed E-state index contributed by atoms with van der Waals surface area (Å²) in [4.78, 5) is 0.894. The Morgan fingerprint density at radius 3 is 2.35 bits per heavy atom. The summed E-state index contributed by atoms with van der Waals surface area (Å²) in [6.45, 7) is 11.6. The van der Waals surface area contributed by atoms with Crippen molar-refractivity contribution in [2.24, 2.45) is 10.9 Å². The standard InChI is InChI=1S/C10H11NOS.C9H17N/c1-2-10(13-11)7-8-3-5-9(12)6-4-8;1-4-8(3)6-7-9(10)5-2/h2-7,12H,1,11H2;6-7,9H,3-5,10H2,1-2H3/b10-7-;7-6-. The molecule has 4 heteroatoms. The summed E-state index contributed by atoms with van der Waals surface area (Å²) in [6, 6.07) is 7.09. The van der Waals surface area contributed by atoms with E-state index < -0.39 is 0 Å². The van der Waals surface area contributed by atoms with Crippen LogP contribution < -0.4 is 10.9 Å². The highest BCUT2D eigenvalue weighted by Crippen LogP contribution is 2.17. The summed E-state index contributed by atoms with van der Waals surface area (Å²) in [6.07, 6.45) is 9.61. The first-order chi connectivity index (χ1) is 11.0. The first kappa shape index (κ1) is 21.2. The SMILES string of the molecule is C=C(/C=C\C(N)CC)CC.C=C/C(=C/c1ccc(O)cc1)SN. The Morgan fingerprint density at radius 2 is 1.91 bits per heavy atom. The van der Waals surface area contributed by atoms with Gasteiger partial charge in [-0.05, 0) is 48.6 Å². The lowest BCUT2D eigenvalue weighted by molar-refractivity contribution is 0.475. The molecule has 0 saturated heterocycles. The highest BCUT2D eigenvalue weighted by atomic mass is 32.2. The van der Waals surface area contributed by atoms with Gasteiger partial charge in [0.1, 0.15) is 5.75 Å².